The van der Waals surface area contributed by atoms with Gasteiger partial charge in [-0.05, 0) is 30.4 Å². The predicted octanol–water partition coefficient (Wildman–Crippen LogP) is 5.75. The van der Waals surface area contributed by atoms with Crippen molar-refractivity contribution in [2.45, 2.75) is 31.7 Å². The normalized spacial score (nSPS) is 17.0. The second-order valence-corrected chi connectivity index (χ2v) is 8.76. The van der Waals surface area contributed by atoms with Crippen LogP contribution in [0.15, 0.2) is 66.7 Å². The van der Waals surface area contributed by atoms with Crippen LogP contribution in [0.1, 0.15) is 29.8 Å². The van der Waals surface area contributed by atoms with E-state index in [1.165, 1.54) is 5.56 Å². The predicted molar refractivity (Wildman–Crippen MR) is 126 cm³/mol. The van der Waals surface area contributed by atoms with E-state index in [-0.39, 0.29) is 23.9 Å². The Bertz CT molecular complexity index is 1080. The van der Waals surface area contributed by atoms with E-state index < -0.39 is 6.09 Å². The summed E-state index contributed by atoms with van der Waals surface area (Å²) in [6.45, 7) is 4.21. The quantitative estimate of drug-likeness (QED) is 0.537. The van der Waals surface area contributed by atoms with Crippen molar-refractivity contribution < 1.29 is 14.3 Å². The van der Waals surface area contributed by atoms with Crippen molar-refractivity contribution in [3.63, 3.8) is 0 Å². The fourth-order valence-electron chi connectivity index (χ4n) is 3.87. The van der Waals surface area contributed by atoms with E-state index in [0.717, 1.165) is 16.3 Å². The SMILES string of the molecule is CC[C@@H](COC(=O)Nc1cccc2ccccc12)N1C(=O)CS[C@H]1c1ccc(C)cc1. The lowest BCUT2D eigenvalue weighted by atomic mass is 10.1. The summed E-state index contributed by atoms with van der Waals surface area (Å²) in [6.07, 6.45) is 0.192. The molecule has 3 aromatic carbocycles. The lowest BCUT2D eigenvalue weighted by Crippen LogP contribution is -2.41. The van der Waals surface area contributed by atoms with Gasteiger partial charge in [-0.2, -0.15) is 0 Å². The van der Waals surface area contributed by atoms with Crippen molar-refractivity contribution in [3.8, 4) is 0 Å². The van der Waals surface area contributed by atoms with Gasteiger partial charge in [-0.3, -0.25) is 10.1 Å². The molecular formula is C25H26N2O3S. The van der Waals surface area contributed by atoms with E-state index in [1.54, 1.807) is 11.8 Å². The van der Waals surface area contributed by atoms with Gasteiger partial charge in [-0.1, -0.05) is 73.2 Å². The third-order valence-corrected chi connectivity index (χ3v) is 6.79. The van der Waals surface area contributed by atoms with E-state index >= 15 is 0 Å². The highest BCUT2D eigenvalue weighted by molar-refractivity contribution is 8.00. The third-order valence-electron chi connectivity index (χ3n) is 5.57. The van der Waals surface area contributed by atoms with Crippen molar-refractivity contribution in [2.24, 2.45) is 0 Å². The number of nitrogens with one attached hydrogen (secondary N) is 1. The van der Waals surface area contributed by atoms with Crippen molar-refractivity contribution in [1.29, 1.82) is 0 Å². The van der Waals surface area contributed by atoms with Gasteiger partial charge >= 0.3 is 6.09 Å². The van der Waals surface area contributed by atoms with Crippen LogP contribution in [0.3, 0.4) is 0 Å². The standard InChI is InChI=1S/C25H26N2O3S/c1-3-20(27-23(28)16-31-24(27)19-13-11-17(2)12-14-19)15-30-25(29)26-22-10-6-8-18-7-4-5-9-21(18)22/h4-14,20,24H,3,15-16H2,1-2H3,(H,26,29)/t20-,24-/m0/s1. The summed E-state index contributed by atoms with van der Waals surface area (Å²) in [4.78, 5) is 27.1. The molecular weight excluding hydrogens is 408 g/mol. The average molecular weight is 435 g/mol. The first-order chi connectivity index (χ1) is 15.1. The summed E-state index contributed by atoms with van der Waals surface area (Å²) in [7, 11) is 0. The molecule has 0 saturated carbocycles. The molecule has 6 heteroatoms. The van der Waals surface area contributed by atoms with Crippen LogP contribution in [0.25, 0.3) is 10.8 Å². The Morgan fingerprint density at radius 1 is 1.13 bits per heavy atom. The van der Waals surface area contributed by atoms with Crippen LogP contribution in [0, 0.1) is 6.92 Å². The minimum Gasteiger partial charge on any atom is -0.447 e. The summed E-state index contributed by atoms with van der Waals surface area (Å²) in [5.41, 5.74) is 2.99. The highest BCUT2D eigenvalue weighted by Crippen LogP contribution is 2.40. The molecule has 3 aromatic rings. The Balaban J connectivity index is 1.44. The average Bonchev–Trinajstić information content (AvgIpc) is 3.16. The molecule has 2 atom stereocenters. The smallest absolute Gasteiger partial charge is 0.411 e. The van der Waals surface area contributed by atoms with Gasteiger partial charge in [0.2, 0.25) is 5.91 Å². The number of nitrogens with zero attached hydrogens (tertiary/aromatic N) is 1. The maximum atomic E-state index is 12.7. The molecule has 2 amide bonds. The molecule has 0 unspecified atom stereocenters. The number of hydrogen-bond acceptors (Lipinski definition) is 4. The van der Waals surface area contributed by atoms with Gasteiger partial charge in [0.15, 0.2) is 0 Å². The summed E-state index contributed by atoms with van der Waals surface area (Å²) < 4.78 is 5.56. The molecule has 0 aliphatic carbocycles. The topological polar surface area (TPSA) is 58.6 Å². The first kappa shape index (κ1) is 21.2. The van der Waals surface area contributed by atoms with E-state index in [4.69, 9.17) is 4.74 Å². The summed E-state index contributed by atoms with van der Waals surface area (Å²) in [5, 5.41) is 4.80. The summed E-state index contributed by atoms with van der Waals surface area (Å²) in [6, 6.07) is 21.7. The van der Waals surface area contributed by atoms with Crippen LogP contribution in [0.5, 0.6) is 0 Å². The molecule has 4 rings (SSSR count). The van der Waals surface area contributed by atoms with Gasteiger partial charge in [-0.15, -0.1) is 11.8 Å². The number of ether oxygens (including phenoxy) is 1. The summed E-state index contributed by atoms with van der Waals surface area (Å²) >= 11 is 1.62. The number of rotatable bonds is 6. The molecule has 1 aliphatic rings. The van der Waals surface area contributed by atoms with Crippen molar-refractivity contribution >= 4 is 40.2 Å². The van der Waals surface area contributed by atoms with Gasteiger partial charge in [0.25, 0.3) is 0 Å². The first-order valence-electron chi connectivity index (χ1n) is 10.5. The van der Waals surface area contributed by atoms with Crippen molar-refractivity contribution in [2.75, 3.05) is 17.7 Å². The number of benzene rings is 3. The Kier molecular flexibility index (Phi) is 6.47. The molecule has 0 radical (unpaired) electrons. The van der Waals surface area contributed by atoms with Crippen LogP contribution in [-0.2, 0) is 9.53 Å². The Morgan fingerprint density at radius 3 is 2.65 bits per heavy atom. The van der Waals surface area contributed by atoms with Gasteiger partial charge < -0.3 is 9.64 Å². The molecule has 1 saturated heterocycles. The number of thioether (sulfide) groups is 1. The number of carbonyl (C=O) groups excluding carboxylic acids is 2. The number of fused-ring (bicyclic) bond motifs is 1. The second kappa shape index (κ2) is 9.43. The third kappa shape index (κ3) is 4.69. The highest BCUT2D eigenvalue weighted by Gasteiger charge is 2.37. The van der Waals surface area contributed by atoms with Gasteiger partial charge in [0.1, 0.15) is 12.0 Å². The first-order valence-corrected chi connectivity index (χ1v) is 11.5. The number of aryl methyl sites for hydroxylation is 1. The zero-order valence-electron chi connectivity index (χ0n) is 17.7. The van der Waals surface area contributed by atoms with E-state index in [0.29, 0.717) is 17.9 Å². The molecule has 160 valence electrons. The Morgan fingerprint density at radius 2 is 1.87 bits per heavy atom. The Labute approximate surface area is 186 Å². The van der Waals surface area contributed by atoms with E-state index in [2.05, 4.69) is 29.6 Å². The fraction of sp³-hybridized carbons (Fsp3) is 0.280. The minimum atomic E-state index is -0.513. The van der Waals surface area contributed by atoms with Gasteiger partial charge in [0, 0.05) is 5.39 Å². The minimum absolute atomic E-state index is 0.0530. The zero-order chi connectivity index (χ0) is 21.8. The van der Waals surface area contributed by atoms with Crippen LogP contribution >= 0.6 is 11.8 Å². The monoisotopic (exact) mass is 434 g/mol. The molecule has 1 fully saturated rings. The molecule has 1 N–H and O–H groups in total. The van der Waals surface area contributed by atoms with Gasteiger partial charge in [-0.25, -0.2) is 4.79 Å². The lowest BCUT2D eigenvalue weighted by molar-refractivity contribution is -0.131. The Hall–Kier alpha value is -2.99. The van der Waals surface area contributed by atoms with Crippen LogP contribution in [-0.4, -0.2) is 35.3 Å². The fourth-order valence-corrected chi connectivity index (χ4v) is 5.12. The second-order valence-electron chi connectivity index (χ2n) is 7.69. The highest BCUT2D eigenvalue weighted by atomic mass is 32.2. The van der Waals surface area contributed by atoms with Crippen LogP contribution < -0.4 is 5.32 Å². The lowest BCUT2D eigenvalue weighted by Gasteiger charge is -2.32. The van der Waals surface area contributed by atoms with Crippen LogP contribution in [0.4, 0.5) is 10.5 Å². The molecule has 1 heterocycles. The number of amides is 2. The van der Waals surface area contributed by atoms with E-state index in [1.807, 2.05) is 61.2 Å². The van der Waals surface area contributed by atoms with E-state index in [9.17, 15) is 9.59 Å². The molecule has 0 aromatic heterocycles. The summed E-state index contributed by atoms with van der Waals surface area (Å²) in [5.74, 6) is 0.525. The molecule has 0 spiro atoms. The maximum Gasteiger partial charge on any atom is 0.411 e. The zero-order valence-corrected chi connectivity index (χ0v) is 18.5. The molecule has 0 bridgehead atoms. The van der Waals surface area contributed by atoms with Gasteiger partial charge in [0.05, 0.1) is 17.5 Å². The number of hydrogen-bond donors (Lipinski definition) is 1. The molecule has 1 aliphatic heterocycles. The molecule has 31 heavy (non-hydrogen) atoms. The van der Waals surface area contributed by atoms with Crippen LogP contribution in [0.2, 0.25) is 0 Å². The molecule has 5 nitrogen and oxygen atoms in total. The number of anilines is 1. The maximum absolute atomic E-state index is 12.7. The number of carbonyl (C=O) groups is 2. The van der Waals surface area contributed by atoms with Crippen molar-refractivity contribution in [3.05, 3.63) is 77.9 Å². The van der Waals surface area contributed by atoms with Crippen molar-refractivity contribution in [1.82, 2.24) is 4.90 Å². The largest absolute Gasteiger partial charge is 0.447 e.